The van der Waals surface area contributed by atoms with Crippen molar-refractivity contribution in [3.63, 3.8) is 0 Å². The van der Waals surface area contributed by atoms with Gasteiger partial charge in [-0.15, -0.1) is 0 Å². The van der Waals surface area contributed by atoms with Gasteiger partial charge in [-0.1, -0.05) is 25.4 Å². The van der Waals surface area contributed by atoms with Gasteiger partial charge in [-0.3, -0.25) is 4.79 Å². The average molecular weight is 470 g/mol. The Morgan fingerprint density at radius 2 is 1.65 bits per heavy atom. The zero-order valence-corrected chi connectivity index (χ0v) is 19.2. The van der Waals surface area contributed by atoms with Crippen molar-refractivity contribution in [2.45, 2.75) is 18.7 Å². The highest BCUT2D eigenvalue weighted by Gasteiger charge is 2.25. The quantitative estimate of drug-likeness (QED) is 0.388. The van der Waals surface area contributed by atoms with Gasteiger partial charge in [-0.05, 0) is 36.4 Å². The lowest BCUT2D eigenvalue weighted by Crippen LogP contribution is -2.30. The van der Waals surface area contributed by atoms with Gasteiger partial charge in [0.05, 0.1) is 35.3 Å². The maximum absolute atomic E-state index is 12.7. The fourth-order valence-electron chi connectivity index (χ4n) is 2.85. The number of hydrogen-bond acceptors (Lipinski definition) is 7. The fourth-order valence-corrected chi connectivity index (χ4v) is 4.53. The molecule has 10 heteroatoms. The van der Waals surface area contributed by atoms with Crippen molar-refractivity contribution in [2.24, 2.45) is 0 Å². The first-order valence-electron chi connectivity index (χ1n) is 9.41. The lowest BCUT2D eigenvalue weighted by Gasteiger charge is -2.19. The number of halogens is 1. The van der Waals surface area contributed by atoms with Crippen molar-refractivity contribution in [3.05, 3.63) is 52.5 Å². The normalized spacial score (nSPS) is 11.3. The molecule has 0 atom stereocenters. The Morgan fingerprint density at radius 3 is 2.23 bits per heavy atom. The van der Waals surface area contributed by atoms with Crippen LogP contribution < -0.4 is 9.47 Å². The molecule has 0 bridgehead atoms. The molecule has 0 radical (unpaired) electrons. The van der Waals surface area contributed by atoms with E-state index in [2.05, 4.69) is 0 Å². The maximum atomic E-state index is 12.7. The molecule has 0 amide bonds. The second-order valence-corrected chi connectivity index (χ2v) is 8.64. The van der Waals surface area contributed by atoms with E-state index in [9.17, 15) is 18.0 Å². The molecule has 0 unspecified atom stereocenters. The SMILES string of the molecule is CCN(CC)S(=O)(=O)c1ccc(Cl)c(C(=O)OCC(=O)c2cc(OC)ccc2OC)c1. The molecule has 2 aromatic carbocycles. The Labute approximate surface area is 186 Å². The number of sulfonamides is 1. The van der Waals surface area contributed by atoms with E-state index in [0.717, 1.165) is 6.07 Å². The Kier molecular flexibility index (Phi) is 8.43. The minimum absolute atomic E-state index is 0.00917. The Hall–Kier alpha value is -2.62. The highest BCUT2D eigenvalue weighted by atomic mass is 35.5. The van der Waals surface area contributed by atoms with Crippen LogP contribution in [0.2, 0.25) is 5.02 Å². The van der Waals surface area contributed by atoms with E-state index in [1.807, 2.05) is 0 Å². The first-order valence-corrected chi connectivity index (χ1v) is 11.2. The number of nitrogens with zero attached hydrogens (tertiary/aromatic N) is 1. The number of hydrogen-bond donors (Lipinski definition) is 0. The van der Waals surface area contributed by atoms with Gasteiger partial charge in [-0.2, -0.15) is 4.31 Å². The molecule has 0 fully saturated rings. The lowest BCUT2D eigenvalue weighted by molar-refractivity contribution is 0.0474. The molecule has 0 aliphatic heterocycles. The highest BCUT2D eigenvalue weighted by molar-refractivity contribution is 7.89. The maximum Gasteiger partial charge on any atom is 0.340 e. The van der Waals surface area contributed by atoms with E-state index in [0.29, 0.717) is 11.5 Å². The van der Waals surface area contributed by atoms with Crippen LogP contribution in [0.25, 0.3) is 0 Å². The van der Waals surface area contributed by atoms with Crippen LogP contribution in [0.15, 0.2) is 41.3 Å². The summed E-state index contributed by atoms with van der Waals surface area (Å²) in [5, 5.41) is 0.00917. The molecule has 0 saturated heterocycles. The summed E-state index contributed by atoms with van der Waals surface area (Å²) in [6.07, 6.45) is 0. The van der Waals surface area contributed by atoms with Crippen LogP contribution in [0.5, 0.6) is 11.5 Å². The summed E-state index contributed by atoms with van der Waals surface area (Å²) in [6.45, 7) is 3.39. The van der Waals surface area contributed by atoms with Crippen molar-refractivity contribution in [1.29, 1.82) is 0 Å². The van der Waals surface area contributed by atoms with Crippen LogP contribution in [0.4, 0.5) is 0 Å². The van der Waals surface area contributed by atoms with Gasteiger partial charge in [0.2, 0.25) is 15.8 Å². The topological polar surface area (TPSA) is 99.2 Å². The number of carbonyl (C=O) groups is 2. The summed E-state index contributed by atoms with van der Waals surface area (Å²) in [4.78, 5) is 25.0. The predicted molar refractivity (Wildman–Crippen MR) is 116 cm³/mol. The van der Waals surface area contributed by atoms with E-state index in [1.54, 1.807) is 26.0 Å². The number of methoxy groups -OCH3 is 2. The van der Waals surface area contributed by atoms with Gasteiger partial charge in [-0.25, -0.2) is 13.2 Å². The molecule has 168 valence electrons. The predicted octanol–water partition coefficient (Wildman–Crippen LogP) is 3.43. The van der Waals surface area contributed by atoms with E-state index >= 15 is 0 Å². The summed E-state index contributed by atoms with van der Waals surface area (Å²) < 4.78 is 42.1. The van der Waals surface area contributed by atoms with E-state index in [4.69, 9.17) is 25.8 Å². The monoisotopic (exact) mass is 469 g/mol. The standard InChI is InChI=1S/C21H24ClNO7S/c1-5-23(6-2)31(26,27)15-8-9-18(22)16(12-15)21(25)30-13-19(24)17-11-14(28-3)7-10-20(17)29-4/h7-12H,5-6,13H2,1-4H3. The molecule has 0 aliphatic carbocycles. The summed E-state index contributed by atoms with van der Waals surface area (Å²) in [5.41, 5.74) is 0.0268. The third-order valence-electron chi connectivity index (χ3n) is 4.54. The van der Waals surface area contributed by atoms with Gasteiger partial charge < -0.3 is 14.2 Å². The van der Waals surface area contributed by atoms with Gasteiger partial charge in [0.1, 0.15) is 11.5 Å². The first kappa shape index (κ1) is 24.6. The van der Waals surface area contributed by atoms with Gasteiger partial charge in [0.25, 0.3) is 0 Å². The van der Waals surface area contributed by atoms with E-state index < -0.39 is 28.4 Å². The summed E-state index contributed by atoms with van der Waals surface area (Å²) in [6, 6.07) is 8.43. The summed E-state index contributed by atoms with van der Waals surface area (Å²) >= 11 is 6.08. The molecule has 0 heterocycles. The second-order valence-electron chi connectivity index (χ2n) is 6.30. The van der Waals surface area contributed by atoms with Crippen molar-refractivity contribution in [3.8, 4) is 11.5 Å². The third-order valence-corrected chi connectivity index (χ3v) is 6.92. The smallest absolute Gasteiger partial charge is 0.340 e. The van der Waals surface area contributed by atoms with Crippen molar-refractivity contribution >= 4 is 33.4 Å². The second kappa shape index (κ2) is 10.6. The van der Waals surface area contributed by atoms with Crippen molar-refractivity contribution in [1.82, 2.24) is 4.31 Å². The summed E-state index contributed by atoms with van der Waals surface area (Å²) in [7, 11) is -0.931. The van der Waals surface area contributed by atoms with Gasteiger partial charge >= 0.3 is 5.97 Å². The van der Waals surface area contributed by atoms with E-state index in [1.165, 1.54) is 36.7 Å². The highest BCUT2D eigenvalue weighted by Crippen LogP contribution is 2.26. The zero-order valence-electron chi connectivity index (χ0n) is 17.7. The van der Waals surface area contributed by atoms with Crippen molar-refractivity contribution in [2.75, 3.05) is 33.9 Å². The number of ether oxygens (including phenoxy) is 3. The fraction of sp³-hybridized carbons (Fsp3) is 0.333. The molecule has 0 spiro atoms. The molecule has 31 heavy (non-hydrogen) atoms. The molecule has 2 rings (SSSR count). The molecule has 0 aromatic heterocycles. The van der Waals surface area contributed by atoms with Gasteiger partial charge in [0, 0.05) is 13.1 Å². The lowest BCUT2D eigenvalue weighted by atomic mass is 10.1. The number of Topliss-reactive ketones (excluding diaryl/α,β-unsaturated/α-hetero) is 1. The zero-order chi connectivity index (χ0) is 23.2. The van der Waals surface area contributed by atoms with Crippen LogP contribution >= 0.6 is 11.6 Å². The summed E-state index contributed by atoms with van der Waals surface area (Å²) in [5.74, 6) is -0.705. The van der Waals surface area contributed by atoms with Crippen LogP contribution in [0.3, 0.4) is 0 Å². The minimum Gasteiger partial charge on any atom is -0.497 e. The number of ketones is 1. The Bertz CT molecular complexity index is 1070. The molecule has 8 nitrogen and oxygen atoms in total. The average Bonchev–Trinajstić information content (AvgIpc) is 2.77. The molecule has 2 aromatic rings. The van der Waals surface area contributed by atoms with Crippen molar-refractivity contribution < 1.29 is 32.2 Å². The molecule has 0 aliphatic rings. The molecular weight excluding hydrogens is 446 g/mol. The van der Waals surface area contributed by atoms with Gasteiger partial charge in [0.15, 0.2) is 6.61 Å². The number of carbonyl (C=O) groups excluding carboxylic acids is 2. The van der Waals surface area contributed by atoms with E-state index in [-0.39, 0.29) is 34.1 Å². The molecule has 0 N–H and O–H groups in total. The van der Waals surface area contributed by atoms with Crippen LogP contribution in [-0.4, -0.2) is 58.4 Å². The largest absolute Gasteiger partial charge is 0.497 e. The van der Waals surface area contributed by atoms with Crippen LogP contribution in [-0.2, 0) is 14.8 Å². The Balaban J connectivity index is 2.24. The number of benzene rings is 2. The Morgan fingerprint density at radius 1 is 0.968 bits per heavy atom. The molecule has 0 saturated carbocycles. The first-order chi connectivity index (χ1) is 14.7. The third kappa shape index (κ3) is 5.55. The van der Waals surface area contributed by atoms with Crippen LogP contribution in [0, 0.1) is 0 Å². The molecular formula is C21H24ClNO7S. The number of esters is 1. The van der Waals surface area contributed by atoms with Crippen LogP contribution in [0.1, 0.15) is 34.6 Å². The minimum atomic E-state index is -3.80. The number of rotatable bonds is 10.